The standard InChI is InChI=1S/C26H26N4O6S/c1-15-6-8-17(9-7-15)37(34,35)24-11-19-20(13-29(2)26(31)25(19)28-24)18-10-22(30(32)33)21(27)12-23(18)36-14-16-4-3-5-16/h6-13,16,28H,3-5,14,27H2,1-2H3. The first-order chi connectivity index (χ1) is 17.6. The molecule has 2 heterocycles. The summed E-state index contributed by atoms with van der Waals surface area (Å²) >= 11 is 0. The third kappa shape index (κ3) is 4.35. The van der Waals surface area contributed by atoms with Gasteiger partial charge in [-0.15, -0.1) is 0 Å². The van der Waals surface area contributed by atoms with Crippen LogP contribution >= 0.6 is 0 Å². The molecule has 0 aliphatic heterocycles. The molecular weight excluding hydrogens is 496 g/mol. The van der Waals surface area contributed by atoms with Crippen molar-refractivity contribution in [1.82, 2.24) is 9.55 Å². The van der Waals surface area contributed by atoms with Gasteiger partial charge >= 0.3 is 0 Å². The maximum atomic E-state index is 13.4. The van der Waals surface area contributed by atoms with Crippen LogP contribution in [0.5, 0.6) is 5.75 Å². The van der Waals surface area contributed by atoms with Crippen molar-refractivity contribution in [1.29, 1.82) is 0 Å². The smallest absolute Gasteiger partial charge is 0.293 e. The monoisotopic (exact) mass is 522 g/mol. The minimum atomic E-state index is -3.97. The van der Waals surface area contributed by atoms with E-state index in [-0.39, 0.29) is 26.8 Å². The number of benzene rings is 2. The first-order valence-electron chi connectivity index (χ1n) is 11.8. The number of nitro groups is 1. The summed E-state index contributed by atoms with van der Waals surface area (Å²) in [4.78, 5) is 26.9. The van der Waals surface area contributed by atoms with Crippen LogP contribution in [0.15, 0.2) is 63.4 Å². The molecule has 4 aromatic rings. The minimum Gasteiger partial charge on any atom is -0.493 e. The van der Waals surface area contributed by atoms with Crippen molar-refractivity contribution in [2.24, 2.45) is 13.0 Å². The molecule has 0 bridgehead atoms. The van der Waals surface area contributed by atoms with Crippen molar-refractivity contribution in [2.45, 2.75) is 36.1 Å². The summed E-state index contributed by atoms with van der Waals surface area (Å²) < 4.78 is 34.1. The van der Waals surface area contributed by atoms with Gasteiger partial charge in [-0.3, -0.25) is 14.9 Å². The Morgan fingerprint density at radius 1 is 1.16 bits per heavy atom. The topological polar surface area (TPSA) is 150 Å². The van der Waals surface area contributed by atoms with Gasteiger partial charge in [0.1, 0.15) is 22.0 Å². The molecular formula is C26H26N4O6S. The number of fused-ring (bicyclic) bond motifs is 1. The third-order valence-electron chi connectivity index (χ3n) is 6.88. The second kappa shape index (κ2) is 9.07. The molecule has 5 rings (SSSR count). The number of ether oxygens (including phenoxy) is 1. The fourth-order valence-corrected chi connectivity index (χ4v) is 5.71. The molecule has 10 nitrogen and oxygen atoms in total. The zero-order valence-electron chi connectivity index (χ0n) is 20.4. The quantitative estimate of drug-likeness (QED) is 0.208. The number of sulfone groups is 1. The van der Waals surface area contributed by atoms with E-state index in [2.05, 4.69) is 4.98 Å². The summed E-state index contributed by atoms with van der Waals surface area (Å²) in [5, 5.41) is 11.8. The van der Waals surface area contributed by atoms with Gasteiger partial charge in [0.15, 0.2) is 0 Å². The average molecular weight is 523 g/mol. The number of nitrogens with one attached hydrogen (secondary N) is 1. The van der Waals surface area contributed by atoms with E-state index >= 15 is 0 Å². The molecule has 0 atom stereocenters. The molecule has 0 radical (unpaired) electrons. The summed E-state index contributed by atoms with van der Waals surface area (Å²) in [5.41, 5.74) is 6.90. The van der Waals surface area contributed by atoms with E-state index in [4.69, 9.17) is 10.5 Å². The van der Waals surface area contributed by atoms with Crippen molar-refractivity contribution in [2.75, 3.05) is 12.3 Å². The summed E-state index contributed by atoms with van der Waals surface area (Å²) in [5.74, 6) is 0.724. The maximum absolute atomic E-state index is 13.4. The molecule has 0 unspecified atom stereocenters. The van der Waals surface area contributed by atoms with Gasteiger partial charge < -0.3 is 20.0 Å². The maximum Gasteiger partial charge on any atom is 0.293 e. The molecule has 1 fully saturated rings. The van der Waals surface area contributed by atoms with Crippen molar-refractivity contribution in [3.05, 3.63) is 74.7 Å². The first-order valence-corrected chi connectivity index (χ1v) is 13.3. The second-order valence-electron chi connectivity index (χ2n) is 9.47. The molecule has 1 aliphatic rings. The number of hydrogen-bond acceptors (Lipinski definition) is 7. The van der Waals surface area contributed by atoms with Crippen LogP contribution in [-0.4, -0.2) is 29.5 Å². The number of H-pyrrole nitrogens is 1. The second-order valence-corrected chi connectivity index (χ2v) is 11.4. The lowest BCUT2D eigenvalue weighted by Crippen LogP contribution is -2.20. The van der Waals surface area contributed by atoms with E-state index in [0.29, 0.717) is 34.8 Å². The molecule has 3 N–H and O–H groups in total. The molecule has 192 valence electrons. The van der Waals surface area contributed by atoms with Crippen LogP contribution in [-0.2, 0) is 16.9 Å². The van der Waals surface area contributed by atoms with E-state index in [1.54, 1.807) is 12.1 Å². The van der Waals surface area contributed by atoms with E-state index in [0.717, 1.165) is 24.8 Å². The largest absolute Gasteiger partial charge is 0.493 e. The van der Waals surface area contributed by atoms with Gasteiger partial charge in [-0.25, -0.2) is 8.42 Å². The highest BCUT2D eigenvalue weighted by atomic mass is 32.2. The van der Waals surface area contributed by atoms with Crippen molar-refractivity contribution < 1.29 is 18.1 Å². The Hall–Kier alpha value is -4.12. The Balaban J connectivity index is 1.72. The predicted molar refractivity (Wildman–Crippen MR) is 140 cm³/mol. The lowest BCUT2D eigenvalue weighted by Gasteiger charge is -2.26. The normalized spacial score (nSPS) is 14.0. The Kier molecular flexibility index (Phi) is 6.03. The molecule has 0 spiro atoms. The van der Waals surface area contributed by atoms with Crippen LogP contribution in [0.1, 0.15) is 24.8 Å². The number of nitro benzene ring substituents is 1. The fourth-order valence-electron chi connectivity index (χ4n) is 4.45. The summed E-state index contributed by atoms with van der Waals surface area (Å²) in [6, 6.07) is 10.5. The molecule has 1 saturated carbocycles. The Labute approximate surface area is 212 Å². The summed E-state index contributed by atoms with van der Waals surface area (Å²) in [6.45, 7) is 2.28. The van der Waals surface area contributed by atoms with Gasteiger partial charge in [0.25, 0.3) is 11.2 Å². The van der Waals surface area contributed by atoms with Crippen LogP contribution < -0.4 is 16.0 Å². The SMILES string of the molecule is Cc1ccc(S(=O)(=O)c2cc3c(-c4cc([N+](=O)[O-])c(N)cc4OCC4CCC4)cn(C)c(=O)c3[nH]2)cc1. The molecule has 1 aliphatic carbocycles. The molecule has 37 heavy (non-hydrogen) atoms. The van der Waals surface area contributed by atoms with Crippen LogP contribution in [0.2, 0.25) is 0 Å². The highest BCUT2D eigenvalue weighted by Gasteiger charge is 2.26. The van der Waals surface area contributed by atoms with Crippen LogP contribution in [0.4, 0.5) is 11.4 Å². The molecule has 0 amide bonds. The van der Waals surface area contributed by atoms with Crippen LogP contribution in [0.3, 0.4) is 0 Å². The number of nitrogens with two attached hydrogens (primary N) is 1. The number of nitrogens with zero attached hydrogens (tertiary/aromatic N) is 2. The van der Waals surface area contributed by atoms with E-state index in [1.807, 2.05) is 6.92 Å². The third-order valence-corrected chi connectivity index (χ3v) is 8.57. The number of hydrogen-bond donors (Lipinski definition) is 2. The van der Waals surface area contributed by atoms with Crippen molar-refractivity contribution in [3.63, 3.8) is 0 Å². The van der Waals surface area contributed by atoms with Gasteiger partial charge in [-0.05, 0) is 43.9 Å². The van der Waals surface area contributed by atoms with E-state index < -0.39 is 20.3 Å². The molecule has 2 aromatic carbocycles. The van der Waals surface area contributed by atoms with Crippen LogP contribution in [0, 0.1) is 23.0 Å². The van der Waals surface area contributed by atoms with Crippen LogP contribution in [0.25, 0.3) is 22.0 Å². The highest BCUT2D eigenvalue weighted by molar-refractivity contribution is 7.91. The van der Waals surface area contributed by atoms with E-state index in [1.165, 1.54) is 48.1 Å². The number of aryl methyl sites for hydroxylation is 2. The zero-order chi connectivity index (χ0) is 26.5. The average Bonchev–Trinajstić information content (AvgIpc) is 3.28. The number of nitrogen functional groups attached to an aromatic ring is 1. The molecule has 11 heteroatoms. The number of anilines is 1. The van der Waals surface area contributed by atoms with Gasteiger partial charge in [-0.2, -0.15) is 0 Å². The lowest BCUT2D eigenvalue weighted by molar-refractivity contribution is -0.383. The Morgan fingerprint density at radius 3 is 2.49 bits per heavy atom. The van der Waals surface area contributed by atoms with Gasteiger partial charge in [0.05, 0.1) is 16.4 Å². The first kappa shape index (κ1) is 24.6. The summed E-state index contributed by atoms with van der Waals surface area (Å²) in [7, 11) is -2.44. The van der Waals surface area contributed by atoms with Gasteiger partial charge in [0.2, 0.25) is 9.84 Å². The minimum absolute atomic E-state index is 0.0462. The Morgan fingerprint density at radius 2 is 1.86 bits per heavy atom. The summed E-state index contributed by atoms with van der Waals surface area (Å²) in [6.07, 6.45) is 4.73. The Bertz CT molecular complexity index is 1700. The molecule has 0 saturated heterocycles. The number of aromatic amines is 1. The number of rotatable bonds is 7. The highest BCUT2D eigenvalue weighted by Crippen LogP contribution is 2.41. The van der Waals surface area contributed by atoms with Crippen molar-refractivity contribution >= 4 is 32.1 Å². The van der Waals surface area contributed by atoms with Gasteiger partial charge in [-0.1, -0.05) is 24.1 Å². The van der Waals surface area contributed by atoms with Gasteiger partial charge in [0, 0.05) is 41.9 Å². The lowest BCUT2D eigenvalue weighted by atomic mass is 9.86. The zero-order valence-corrected chi connectivity index (χ0v) is 21.2. The predicted octanol–water partition coefficient (Wildman–Crippen LogP) is 4.34. The van der Waals surface area contributed by atoms with E-state index in [9.17, 15) is 23.3 Å². The van der Waals surface area contributed by atoms with Crippen molar-refractivity contribution in [3.8, 4) is 16.9 Å². The number of aromatic nitrogens is 2. The number of pyridine rings is 1. The molecule has 2 aromatic heterocycles. The fraction of sp³-hybridized carbons (Fsp3) is 0.269.